The topological polar surface area (TPSA) is 38.7 Å². The third-order valence-corrected chi connectivity index (χ3v) is 4.02. The lowest BCUT2D eigenvalue weighted by Crippen LogP contribution is -2.46. The Morgan fingerprint density at radius 2 is 2.05 bits per heavy atom. The van der Waals surface area contributed by atoms with Gasteiger partial charge in [0.25, 0.3) is 0 Å². The van der Waals surface area contributed by atoms with E-state index in [9.17, 15) is 5.11 Å². The Balaban J connectivity index is 2.42. The molecule has 0 aromatic rings. The average molecular weight is 282 g/mol. The van der Waals surface area contributed by atoms with E-state index in [-0.39, 0.29) is 12.9 Å². The molecule has 0 bridgehead atoms. The smallest absolute Gasteiger partial charge is 0.161 e. The highest BCUT2D eigenvalue weighted by molar-refractivity contribution is 5.16. The van der Waals surface area contributed by atoms with Crippen molar-refractivity contribution in [2.75, 3.05) is 13.7 Å². The molecule has 1 rings (SSSR count). The SMILES string of the molecule is CCCCCCCC#C[C@@]1(CO)CCC(C)C(OC)O1. The standard InChI is InChI=1S/C17H30O3/c1-4-5-6-7-8-9-10-12-17(14-18)13-11-15(2)16(19-3)20-17/h15-16,18H,4-9,11,13-14H2,1-3H3/t15?,16?,17-/m0/s1. The molecule has 0 saturated carbocycles. The van der Waals surface area contributed by atoms with E-state index in [0.29, 0.717) is 5.92 Å². The van der Waals surface area contributed by atoms with Crippen molar-refractivity contribution in [3.8, 4) is 11.8 Å². The first-order chi connectivity index (χ1) is 9.67. The highest BCUT2D eigenvalue weighted by atomic mass is 16.7. The highest BCUT2D eigenvalue weighted by Gasteiger charge is 2.39. The molecule has 0 aromatic heterocycles. The van der Waals surface area contributed by atoms with Gasteiger partial charge in [-0.1, -0.05) is 45.5 Å². The predicted molar refractivity (Wildman–Crippen MR) is 81.2 cm³/mol. The molecular weight excluding hydrogens is 252 g/mol. The summed E-state index contributed by atoms with van der Waals surface area (Å²) in [6.07, 6.45) is 8.65. The third kappa shape index (κ3) is 5.44. The largest absolute Gasteiger partial charge is 0.392 e. The minimum Gasteiger partial charge on any atom is -0.392 e. The highest BCUT2D eigenvalue weighted by Crippen LogP contribution is 2.32. The lowest BCUT2D eigenvalue weighted by atomic mass is 9.89. The van der Waals surface area contributed by atoms with Crippen LogP contribution in [0.2, 0.25) is 0 Å². The van der Waals surface area contributed by atoms with Gasteiger partial charge in [0.2, 0.25) is 0 Å². The molecular formula is C17H30O3. The van der Waals surface area contributed by atoms with Gasteiger partial charge >= 0.3 is 0 Å². The van der Waals surface area contributed by atoms with Crippen LogP contribution in [-0.2, 0) is 9.47 Å². The lowest BCUT2D eigenvalue weighted by molar-refractivity contribution is -0.237. The maximum atomic E-state index is 9.63. The quantitative estimate of drug-likeness (QED) is 0.574. The van der Waals surface area contributed by atoms with Crippen LogP contribution in [0.1, 0.15) is 65.2 Å². The minimum atomic E-state index is -0.712. The summed E-state index contributed by atoms with van der Waals surface area (Å²) in [5, 5.41) is 9.63. The number of hydrogen-bond acceptors (Lipinski definition) is 3. The van der Waals surface area contributed by atoms with Crippen LogP contribution >= 0.6 is 0 Å². The molecule has 20 heavy (non-hydrogen) atoms. The second-order valence-electron chi connectivity index (χ2n) is 5.86. The Morgan fingerprint density at radius 1 is 1.30 bits per heavy atom. The first-order valence-electron chi connectivity index (χ1n) is 7.99. The van der Waals surface area contributed by atoms with Gasteiger partial charge in [0.1, 0.15) is 0 Å². The van der Waals surface area contributed by atoms with E-state index in [1.54, 1.807) is 7.11 Å². The second-order valence-corrected chi connectivity index (χ2v) is 5.86. The summed E-state index contributed by atoms with van der Waals surface area (Å²) in [5.41, 5.74) is -0.712. The van der Waals surface area contributed by atoms with Gasteiger partial charge in [-0.25, -0.2) is 0 Å². The van der Waals surface area contributed by atoms with Gasteiger partial charge in [-0.2, -0.15) is 0 Å². The van der Waals surface area contributed by atoms with Crippen molar-refractivity contribution >= 4 is 0 Å². The first-order valence-corrected chi connectivity index (χ1v) is 7.99. The molecule has 1 N–H and O–H groups in total. The lowest BCUT2D eigenvalue weighted by Gasteiger charge is -2.39. The first kappa shape index (κ1) is 17.5. The number of unbranched alkanes of at least 4 members (excludes halogenated alkanes) is 5. The average Bonchev–Trinajstić information content (AvgIpc) is 2.48. The van der Waals surface area contributed by atoms with Gasteiger partial charge in [0, 0.05) is 19.4 Å². The van der Waals surface area contributed by atoms with Crippen molar-refractivity contribution in [3.05, 3.63) is 0 Å². The van der Waals surface area contributed by atoms with Crippen LogP contribution in [-0.4, -0.2) is 30.7 Å². The Hall–Kier alpha value is -0.560. The summed E-state index contributed by atoms with van der Waals surface area (Å²) in [5.74, 6) is 6.71. The van der Waals surface area contributed by atoms with Crippen molar-refractivity contribution in [2.45, 2.75) is 77.1 Å². The van der Waals surface area contributed by atoms with E-state index in [2.05, 4.69) is 25.7 Å². The van der Waals surface area contributed by atoms with Crippen LogP contribution in [0.3, 0.4) is 0 Å². The molecule has 3 nitrogen and oxygen atoms in total. The fraction of sp³-hybridized carbons (Fsp3) is 0.882. The van der Waals surface area contributed by atoms with Crippen molar-refractivity contribution in [1.29, 1.82) is 0 Å². The van der Waals surface area contributed by atoms with E-state index >= 15 is 0 Å². The zero-order valence-corrected chi connectivity index (χ0v) is 13.3. The molecule has 0 aliphatic carbocycles. The molecule has 1 saturated heterocycles. The van der Waals surface area contributed by atoms with E-state index in [4.69, 9.17) is 9.47 Å². The zero-order chi connectivity index (χ0) is 14.8. The van der Waals surface area contributed by atoms with Crippen LogP contribution in [0, 0.1) is 17.8 Å². The molecule has 116 valence electrons. The Labute approximate surface area is 124 Å². The van der Waals surface area contributed by atoms with Crippen molar-refractivity contribution in [2.24, 2.45) is 5.92 Å². The molecule has 3 heteroatoms. The zero-order valence-electron chi connectivity index (χ0n) is 13.3. The summed E-state index contributed by atoms with van der Waals surface area (Å²) in [6, 6.07) is 0. The fourth-order valence-electron chi connectivity index (χ4n) is 2.56. The summed E-state index contributed by atoms with van der Waals surface area (Å²) < 4.78 is 11.2. The second kappa shape index (κ2) is 9.39. The molecule has 0 amide bonds. The van der Waals surface area contributed by atoms with Gasteiger partial charge in [-0.15, -0.1) is 5.92 Å². The van der Waals surface area contributed by atoms with Crippen LogP contribution < -0.4 is 0 Å². The molecule has 1 aliphatic rings. The summed E-state index contributed by atoms with van der Waals surface area (Å²) >= 11 is 0. The number of ether oxygens (including phenoxy) is 2. The van der Waals surface area contributed by atoms with E-state index in [0.717, 1.165) is 25.7 Å². The molecule has 1 aliphatic heterocycles. The Bertz CT molecular complexity index is 318. The van der Waals surface area contributed by atoms with Crippen LogP contribution in [0.4, 0.5) is 0 Å². The maximum absolute atomic E-state index is 9.63. The normalized spacial score (nSPS) is 29.8. The summed E-state index contributed by atoms with van der Waals surface area (Å²) in [7, 11) is 1.65. The van der Waals surface area contributed by atoms with Gasteiger partial charge in [0.15, 0.2) is 11.9 Å². The number of rotatable bonds is 7. The van der Waals surface area contributed by atoms with E-state index in [1.165, 1.54) is 25.7 Å². The van der Waals surface area contributed by atoms with Crippen LogP contribution in [0.25, 0.3) is 0 Å². The van der Waals surface area contributed by atoms with Gasteiger partial charge in [-0.05, 0) is 19.3 Å². The van der Waals surface area contributed by atoms with Crippen molar-refractivity contribution in [1.82, 2.24) is 0 Å². The monoisotopic (exact) mass is 282 g/mol. The van der Waals surface area contributed by atoms with Crippen LogP contribution in [0.5, 0.6) is 0 Å². The van der Waals surface area contributed by atoms with Gasteiger partial charge in [-0.3, -0.25) is 0 Å². The van der Waals surface area contributed by atoms with Gasteiger partial charge in [0.05, 0.1) is 6.61 Å². The predicted octanol–water partition coefficient (Wildman–Crippen LogP) is 3.50. The van der Waals surface area contributed by atoms with Crippen molar-refractivity contribution < 1.29 is 14.6 Å². The van der Waals surface area contributed by atoms with Gasteiger partial charge < -0.3 is 14.6 Å². The molecule has 1 heterocycles. The summed E-state index contributed by atoms with van der Waals surface area (Å²) in [6.45, 7) is 4.28. The van der Waals surface area contributed by atoms with Crippen LogP contribution in [0.15, 0.2) is 0 Å². The maximum Gasteiger partial charge on any atom is 0.161 e. The van der Waals surface area contributed by atoms with Crippen molar-refractivity contribution in [3.63, 3.8) is 0 Å². The Kier molecular flexibility index (Phi) is 8.21. The third-order valence-electron chi connectivity index (χ3n) is 4.02. The Morgan fingerprint density at radius 3 is 2.70 bits per heavy atom. The molecule has 3 atom stereocenters. The number of aliphatic hydroxyl groups excluding tert-OH is 1. The van der Waals surface area contributed by atoms with E-state index in [1.807, 2.05) is 0 Å². The minimum absolute atomic E-state index is 0.0532. The number of aliphatic hydroxyl groups is 1. The van der Waals surface area contributed by atoms with E-state index < -0.39 is 5.60 Å². The molecule has 2 unspecified atom stereocenters. The fourth-order valence-corrected chi connectivity index (χ4v) is 2.56. The summed E-state index contributed by atoms with van der Waals surface area (Å²) in [4.78, 5) is 0. The molecule has 1 fully saturated rings. The number of hydrogen-bond donors (Lipinski definition) is 1. The molecule has 0 spiro atoms. The molecule has 0 radical (unpaired) electrons. The number of methoxy groups -OCH3 is 1. The molecule has 0 aromatic carbocycles.